The zero-order chi connectivity index (χ0) is 18.7. The van der Waals surface area contributed by atoms with Crippen LogP contribution in [0.3, 0.4) is 0 Å². The second kappa shape index (κ2) is 7.68. The molecule has 0 radical (unpaired) electrons. The lowest BCUT2D eigenvalue weighted by Gasteiger charge is -2.49. The van der Waals surface area contributed by atoms with Gasteiger partial charge in [0.15, 0.2) is 0 Å². The number of allylic oxidation sites excluding steroid dienone is 3. The Morgan fingerprint density at radius 1 is 0.885 bits per heavy atom. The maximum Gasteiger partial charge on any atom is 0.310 e. The maximum absolute atomic E-state index is 12.4. The molecule has 0 heterocycles. The van der Waals surface area contributed by atoms with Crippen molar-refractivity contribution in [1.82, 2.24) is 0 Å². The molecule has 5 heteroatoms. The first-order valence-corrected chi connectivity index (χ1v) is 8.65. The summed E-state index contributed by atoms with van der Waals surface area (Å²) in [4.78, 5) is 36.6. The Morgan fingerprint density at radius 3 is 1.92 bits per heavy atom. The van der Waals surface area contributed by atoms with Crippen molar-refractivity contribution in [3.8, 4) is 0 Å². The van der Waals surface area contributed by atoms with Crippen molar-refractivity contribution in [3.05, 3.63) is 54.1 Å². The van der Waals surface area contributed by atoms with E-state index in [1.54, 1.807) is 0 Å². The highest BCUT2D eigenvalue weighted by Gasteiger charge is 2.56. The van der Waals surface area contributed by atoms with Crippen LogP contribution in [0.2, 0.25) is 0 Å². The van der Waals surface area contributed by atoms with Crippen molar-refractivity contribution >= 4 is 24.3 Å². The zero-order valence-corrected chi connectivity index (χ0v) is 14.8. The lowest BCUT2D eigenvalue weighted by molar-refractivity contribution is -0.168. The molecule has 1 aromatic rings. The predicted octanol–water partition coefficient (Wildman–Crippen LogP) is 2.53. The standard InChI is InChI=1S/C21H22O5/c1-25-20(23)18-15-10-11-16(19(18)21(24)26-2)17(12-22)14(15)9-8-13-6-4-3-5-7-13/h3-12,14-19H,1-2H3/b9-8+/t14-,15+,16-,17+,18+,19-/m0/s1. The summed E-state index contributed by atoms with van der Waals surface area (Å²) >= 11 is 0. The molecule has 26 heavy (non-hydrogen) atoms. The van der Waals surface area contributed by atoms with Gasteiger partial charge >= 0.3 is 11.9 Å². The van der Waals surface area contributed by atoms with Gasteiger partial charge in [-0.05, 0) is 17.4 Å². The number of aldehydes is 1. The van der Waals surface area contributed by atoms with Crippen LogP contribution >= 0.6 is 0 Å². The third kappa shape index (κ3) is 3.09. The lowest BCUT2D eigenvalue weighted by atomic mass is 9.53. The van der Waals surface area contributed by atoms with E-state index in [2.05, 4.69) is 0 Å². The number of carbonyl (C=O) groups is 3. The van der Waals surface area contributed by atoms with E-state index < -0.39 is 23.8 Å². The molecular formula is C21H22O5. The molecular weight excluding hydrogens is 332 g/mol. The number of hydrogen-bond donors (Lipinski definition) is 0. The number of ether oxygens (including phenoxy) is 2. The molecule has 5 nitrogen and oxygen atoms in total. The predicted molar refractivity (Wildman–Crippen MR) is 95.7 cm³/mol. The van der Waals surface area contributed by atoms with Crippen LogP contribution in [-0.2, 0) is 23.9 Å². The number of rotatable bonds is 5. The third-order valence-corrected chi connectivity index (χ3v) is 5.52. The number of methoxy groups -OCH3 is 2. The molecule has 3 aliphatic rings. The first-order chi connectivity index (χ1) is 12.6. The molecule has 136 valence electrons. The molecule has 0 amide bonds. The van der Waals surface area contributed by atoms with Crippen LogP contribution in [-0.4, -0.2) is 32.4 Å². The van der Waals surface area contributed by atoms with Gasteiger partial charge in [-0.2, -0.15) is 0 Å². The smallest absolute Gasteiger partial charge is 0.310 e. The van der Waals surface area contributed by atoms with E-state index in [1.165, 1.54) is 14.2 Å². The molecule has 6 atom stereocenters. The molecule has 0 spiro atoms. The van der Waals surface area contributed by atoms with E-state index in [9.17, 15) is 14.4 Å². The molecule has 0 aromatic heterocycles. The Kier molecular flexibility index (Phi) is 5.35. The Balaban J connectivity index is 1.98. The number of hydrogen-bond acceptors (Lipinski definition) is 5. The zero-order valence-electron chi connectivity index (χ0n) is 14.8. The van der Waals surface area contributed by atoms with E-state index in [-0.39, 0.29) is 23.7 Å². The largest absolute Gasteiger partial charge is 0.469 e. The highest BCUT2D eigenvalue weighted by Crippen LogP contribution is 2.52. The Hall–Kier alpha value is -2.69. The molecule has 4 rings (SSSR count). The van der Waals surface area contributed by atoms with Crippen molar-refractivity contribution in [2.24, 2.45) is 35.5 Å². The quantitative estimate of drug-likeness (QED) is 0.462. The van der Waals surface area contributed by atoms with Gasteiger partial charge < -0.3 is 14.3 Å². The monoisotopic (exact) mass is 354 g/mol. The van der Waals surface area contributed by atoms with Crippen molar-refractivity contribution < 1.29 is 23.9 Å². The average molecular weight is 354 g/mol. The van der Waals surface area contributed by atoms with Gasteiger partial charge in [-0.3, -0.25) is 9.59 Å². The van der Waals surface area contributed by atoms with Gasteiger partial charge in [0.2, 0.25) is 0 Å². The summed E-state index contributed by atoms with van der Waals surface area (Å²) in [7, 11) is 2.61. The van der Waals surface area contributed by atoms with Crippen LogP contribution in [0.25, 0.3) is 6.08 Å². The normalized spacial score (nSPS) is 32.4. The highest BCUT2D eigenvalue weighted by atomic mass is 16.5. The fourth-order valence-electron chi connectivity index (χ4n) is 4.33. The lowest BCUT2D eigenvalue weighted by Crippen LogP contribution is -2.54. The molecule has 1 aromatic carbocycles. The second-order valence-electron chi connectivity index (χ2n) is 6.70. The highest BCUT2D eigenvalue weighted by molar-refractivity contribution is 5.85. The maximum atomic E-state index is 12.4. The van der Waals surface area contributed by atoms with Gasteiger partial charge in [0.05, 0.1) is 26.1 Å². The van der Waals surface area contributed by atoms with Gasteiger partial charge in [0, 0.05) is 11.8 Å². The van der Waals surface area contributed by atoms with Crippen molar-refractivity contribution in [3.63, 3.8) is 0 Å². The van der Waals surface area contributed by atoms with Crippen molar-refractivity contribution in [2.75, 3.05) is 14.2 Å². The van der Waals surface area contributed by atoms with Gasteiger partial charge in [-0.25, -0.2) is 0 Å². The summed E-state index contributed by atoms with van der Waals surface area (Å²) in [6.07, 6.45) is 8.63. The molecule has 2 bridgehead atoms. The summed E-state index contributed by atoms with van der Waals surface area (Å²) in [5.74, 6) is -3.48. The Bertz CT molecular complexity index is 736. The van der Waals surface area contributed by atoms with Crippen LogP contribution in [0.15, 0.2) is 48.6 Å². The number of esters is 2. The summed E-state index contributed by atoms with van der Waals surface area (Å²) < 4.78 is 9.86. The summed E-state index contributed by atoms with van der Waals surface area (Å²) in [6, 6.07) is 9.75. The van der Waals surface area contributed by atoms with Gasteiger partial charge in [0.1, 0.15) is 6.29 Å². The Labute approximate surface area is 152 Å². The van der Waals surface area contributed by atoms with Crippen LogP contribution < -0.4 is 0 Å². The third-order valence-electron chi connectivity index (χ3n) is 5.52. The van der Waals surface area contributed by atoms with Gasteiger partial charge in [-0.1, -0.05) is 54.6 Å². The number of benzene rings is 1. The minimum Gasteiger partial charge on any atom is -0.469 e. The minimum absolute atomic E-state index is 0.173. The minimum atomic E-state index is -0.695. The molecule has 1 saturated carbocycles. The van der Waals surface area contributed by atoms with Crippen LogP contribution in [0, 0.1) is 35.5 Å². The van der Waals surface area contributed by atoms with Crippen molar-refractivity contribution in [1.29, 1.82) is 0 Å². The van der Waals surface area contributed by atoms with E-state index >= 15 is 0 Å². The fraction of sp³-hybridized carbons (Fsp3) is 0.381. The molecule has 3 aliphatic carbocycles. The molecule has 1 fully saturated rings. The fourth-order valence-corrected chi connectivity index (χ4v) is 4.33. The Morgan fingerprint density at radius 2 is 1.42 bits per heavy atom. The average Bonchev–Trinajstić information content (AvgIpc) is 2.71. The van der Waals surface area contributed by atoms with Crippen molar-refractivity contribution in [2.45, 2.75) is 0 Å². The summed E-state index contributed by atoms with van der Waals surface area (Å²) in [5.41, 5.74) is 1.02. The van der Waals surface area contributed by atoms with Gasteiger partial charge in [0.25, 0.3) is 0 Å². The van der Waals surface area contributed by atoms with E-state index in [1.807, 2.05) is 54.6 Å². The number of fused-ring (bicyclic) bond motifs is 2. The van der Waals surface area contributed by atoms with Crippen LogP contribution in [0.4, 0.5) is 0 Å². The topological polar surface area (TPSA) is 69.7 Å². The van der Waals surface area contributed by atoms with Crippen LogP contribution in [0.1, 0.15) is 5.56 Å². The molecule has 0 aliphatic heterocycles. The molecule has 0 unspecified atom stereocenters. The van der Waals surface area contributed by atoms with E-state index in [0.717, 1.165) is 11.8 Å². The summed E-state index contributed by atoms with van der Waals surface area (Å²) in [5, 5.41) is 0. The first-order valence-electron chi connectivity index (χ1n) is 8.65. The molecule has 0 N–H and O–H groups in total. The van der Waals surface area contributed by atoms with E-state index in [0.29, 0.717) is 0 Å². The first kappa shape index (κ1) is 18.1. The summed E-state index contributed by atoms with van der Waals surface area (Å²) in [6.45, 7) is 0. The van der Waals surface area contributed by atoms with Crippen LogP contribution in [0.5, 0.6) is 0 Å². The number of carbonyl (C=O) groups excluding carboxylic acids is 3. The second-order valence-corrected chi connectivity index (χ2v) is 6.70. The SMILES string of the molecule is COC(=O)[C@@H]1[C@@H]2C=C[C@@H]([C@H](C=O)[C@H]2/C=C/c2ccccc2)[C@@H]1C(=O)OC. The van der Waals surface area contributed by atoms with E-state index in [4.69, 9.17) is 9.47 Å². The van der Waals surface area contributed by atoms with Gasteiger partial charge in [-0.15, -0.1) is 0 Å². The molecule has 0 saturated heterocycles.